The van der Waals surface area contributed by atoms with Crippen LogP contribution in [0.15, 0.2) is 0 Å². The van der Waals surface area contributed by atoms with E-state index in [-0.39, 0.29) is 0 Å². The minimum absolute atomic E-state index is 0.486. The molecule has 0 saturated carbocycles. The molecule has 0 aliphatic rings. The monoisotopic (exact) mass is 458 g/mol. The zero-order chi connectivity index (χ0) is 23.9. The number of hydrogen-bond acceptors (Lipinski definition) is 4. The Balaban J connectivity index is 3.63. The summed E-state index contributed by atoms with van der Waals surface area (Å²) in [6, 6.07) is 0. The molecule has 4 atom stereocenters. The fourth-order valence-corrected chi connectivity index (χ4v) is 4.48. The Labute approximate surface area is 200 Å². The van der Waals surface area contributed by atoms with Gasteiger partial charge in [0.2, 0.25) is 0 Å². The van der Waals surface area contributed by atoms with Crippen LogP contribution in [0.2, 0.25) is 0 Å². The zero-order valence-electron chi connectivity index (χ0n) is 21.7. The van der Waals surface area contributed by atoms with Crippen LogP contribution < -0.4 is 0 Å². The number of rotatable bonds is 25. The van der Waals surface area contributed by atoms with E-state index >= 15 is 0 Å². The minimum Gasteiger partial charge on any atom is -0.390 e. The molecule has 0 bridgehead atoms. The van der Waals surface area contributed by atoms with Crippen molar-refractivity contribution in [3.05, 3.63) is 0 Å². The Kier molecular flexibility index (Phi) is 23.9. The van der Waals surface area contributed by atoms with Crippen LogP contribution >= 0.6 is 0 Å². The highest BCUT2D eigenvalue weighted by atomic mass is 16.4. The van der Waals surface area contributed by atoms with Crippen molar-refractivity contribution in [2.45, 2.75) is 180 Å². The van der Waals surface area contributed by atoms with Crippen LogP contribution in [-0.2, 0) is 0 Å². The molecule has 4 nitrogen and oxygen atoms in total. The summed E-state index contributed by atoms with van der Waals surface area (Å²) in [7, 11) is 0. The van der Waals surface area contributed by atoms with Crippen LogP contribution in [0.4, 0.5) is 0 Å². The quantitative estimate of drug-likeness (QED) is 0.110. The van der Waals surface area contributed by atoms with Gasteiger partial charge in [0.25, 0.3) is 0 Å². The van der Waals surface area contributed by atoms with E-state index < -0.39 is 24.4 Å². The predicted molar refractivity (Wildman–Crippen MR) is 137 cm³/mol. The highest BCUT2D eigenvalue weighted by molar-refractivity contribution is 4.81. The van der Waals surface area contributed by atoms with Crippen molar-refractivity contribution in [1.29, 1.82) is 0 Å². The van der Waals surface area contributed by atoms with Crippen molar-refractivity contribution < 1.29 is 20.4 Å². The first kappa shape index (κ1) is 31.8. The number of hydrogen-bond donors (Lipinski definition) is 4. The molecule has 4 unspecified atom stereocenters. The number of aliphatic hydroxyl groups excluding tert-OH is 4. The molecule has 0 saturated heterocycles. The maximum Gasteiger partial charge on any atom is 0.108 e. The molecule has 4 N–H and O–H groups in total. The second-order valence-electron chi connectivity index (χ2n) is 10.1. The van der Waals surface area contributed by atoms with Gasteiger partial charge in [-0.25, -0.2) is 0 Å². The summed E-state index contributed by atoms with van der Waals surface area (Å²) in [6.07, 6.45) is 21.1. The maximum atomic E-state index is 10.2. The van der Waals surface area contributed by atoms with Crippen LogP contribution in [0.5, 0.6) is 0 Å². The van der Waals surface area contributed by atoms with Crippen LogP contribution in [-0.4, -0.2) is 44.8 Å². The van der Waals surface area contributed by atoms with Crippen molar-refractivity contribution in [3.8, 4) is 0 Å². The SMILES string of the molecule is CCCCCCCCCCCCC(O)C(O)C(O)C(O)CCCCCCCCCCCC. The van der Waals surface area contributed by atoms with Gasteiger partial charge in [-0.3, -0.25) is 0 Å². The molecule has 194 valence electrons. The first-order valence-corrected chi connectivity index (χ1v) is 14.3. The Hall–Kier alpha value is -0.160. The van der Waals surface area contributed by atoms with E-state index in [2.05, 4.69) is 13.8 Å². The second kappa shape index (κ2) is 24.0. The summed E-state index contributed by atoms with van der Waals surface area (Å²) >= 11 is 0. The predicted octanol–water partition coefficient (Wildman–Crippen LogP) is 7.05. The third-order valence-corrected chi connectivity index (χ3v) is 6.85. The minimum atomic E-state index is -1.26. The molecule has 0 aromatic rings. The van der Waals surface area contributed by atoms with Crippen LogP contribution in [0.1, 0.15) is 155 Å². The molecular weight excluding hydrogens is 400 g/mol. The van der Waals surface area contributed by atoms with Crippen LogP contribution in [0.3, 0.4) is 0 Å². The topological polar surface area (TPSA) is 80.9 Å². The van der Waals surface area contributed by atoms with Gasteiger partial charge in [-0.15, -0.1) is 0 Å². The molecule has 0 heterocycles. The second-order valence-corrected chi connectivity index (χ2v) is 10.1. The molecule has 32 heavy (non-hydrogen) atoms. The van der Waals surface area contributed by atoms with Gasteiger partial charge < -0.3 is 20.4 Å². The van der Waals surface area contributed by atoms with Gasteiger partial charge in [0.05, 0.1) is 12.2 Å². The third kappa shape index (κ3) is 19.3. The lowest BCUT2D eigenvalue weighted by Gasteiger charge is -2.26. The van der Waals surface area contributed by atoms with Crippen molar-refractivity contribution in [2.75, 3.05) is 0 Å². The summed E-state index contributed by atoms with van der Waals surface area (Å²) in [5, 5.41) is 40.8. The van der Waals surface area contributed by atoms with Gasteiger partial charge >= 0.3 is 0 Å². The van der Waals surface area contributed by atoms with Crippen LogP contribution in [0.25, 0.3) is 0 Å². The van der Waals surface area contributed by atoms with Crippen molar-refractivity contribution in [1.82, 2.24) is 0 Å². The fraction of sp³-hybridized carbons (Fsp3) is 1.00. The molecule has 0 amide bonds. The fourth-order valence-electron chi connectivity index (χ4n) is 4.48. The van der Waals surface area contributed by atoms with E-state index in [0.717, 1.165) is 25.7 Å². The van der Waals surface area contributed by atoms with E-state index in [1.165, 1.54) is 103 Å². The van der Waals surface area contributed by atoms with Gasteiger partial charge in [-0.05, 0) is 12.8 Å². The number of unbranched alkanes of at least 4 members (excludes halogenated alkanes) is 18. The summed E-state index contributed by atoms with van der Waals surface area (Å²) < 4.78 is 0. The zero-order valence-corrected chi connectivity index (χ0v) is 21.7. The van der Waals surface area contributed by atoms with Crippen molar-refractivity contribution in [2.24, 2.45) is 0 Å². The summed E-state index contributed by atoms with van der Waals surface area (Å²) in [5.74, 6) is 0. The molecule has 0 aliphatic heterocycles. The first-order chi connectivity index (χ1) is 15.5. The summed E-state index contributed by atoms with van der Waals surface area (Å²) in [5.41, 5.74) is 0. The average molecular weight is 459 g/mol. The Morgan fingerprint density at radius 1 is 0.344 bits per heavy atom. The highest BCUT2D eigenvalue weighted by Crippen LogP contribution is 2.17. The molecule has 0 radical (unpaired) electrons. The Bertz CT molecular complexity index is 329. The molecule has 0 aromatic heterocycles. The van der Waals surface area contributed by atoms with Gasteiger partial charge in [0.1, 0.15) is 12.2 Å². The molecule has 0 rings (SSSR count). The average Bonchev–Trinajstić information content (AvgIpc) is 2.80. The van der Waals surface area contributed by atoms with E-state index in [1.54, 1.807) is 0 Å². The highest BCUT2D eigenvalue weighted by Gasteiger charge is 2.29. The van der Waals surface area contributed by atoms with Gasteiger partial charge in [0, 0.05) is 0 Å². The van der Waals surface area contributed by atoms with Crippen molar-refractivity contribution >= 4 is 0 Å². The molecule has 0 fully saturated rings. The molecule has 0 aromatic carbocycles. The lowest BCUT2D eigenvalue weighted by Crippen LogP contribution is -2.44. The number of aliphatic hydroxyl groups is 4. The van der Waals surface area contributed by atoms with Gasteiger partial charge in [0.15, 0.2) is 0 Å². The van der Waals surface area contributed by atoms with E-state index in [4.69, 9.17) is 0 Å². The van der Waals surface area contributed by atoms with E-state index in [0.29, 0.717) is 12.8 Å². The Morgan fingerprint density at radius 3 is 0.812 bits per heavy atom. The smallest absolute Gasteiger partial charge is 0.108 e. The first-order valence-electron chi connectivity index (χ1n) is 14.3. The lowest BCUT2D eigenvalue weighted by molar-refractivity contribution is -0.108. The largest absolute Gasteiger partial charge is 0.390 e. The molecular formula is C28H58O4. The maximum absolute atomic E-state index is 10.2. The molecule has 0 aliphatic carbocycles. The molecule has 0 spiro atoms. The van der Waals surface area contributed by atoms with Crippen LogP contribution in [0, 0.1) is 0 Å². The summed E-state index contributed by atoms with van der Waals surface area (Å²) in [4.78, 5) is 0. The lowest BCUT2D eigenvalue weighted by atomic mass is 9.95. The molecule has 4 heteroatoms. The third-order valence-electron chi connectivity index (χ3n) is 6.85. The standard InChI is InChI=1S/C28H58O4/c1-3-5-7-9-11-13-15-17-19-21-23-25(29)27(31)28(32)26(30)24-22-20-18-16-14-12-10-8-6-4-2/h25-32H,3-24H2,1-2H3. The van der Waals surface area contributed by atoms with E-state index in [1.807, 2.05) is 0 Å². The van der Waals surface area contributed by atoms with Gasteiger partial charge in [-0.2, -0.15) is 0 Å². The summed E-state index contributed by atoms with van der Waals surface area (Å²) in [6.45, 7) is 4.48. The Morgan fingerprint density at radius 2 is 0.562 bits per heavy atom. The normalized spacial score (nSPS) is 15.6. The van der Waals surface area contributed by atoms with E-state index in [9.17, 15) is 20.4 Å². The van der Waals surface area contributed by atoms with Crippen molar-refractivity contribution in [3.63, 3.8) is 0 Å². The van der Waals surface area contributed by atoms with Gasteiger partial charge in [-0.1, -0.05) is 142 Å².